The second kappa shape index (κ2) is 2.78. The van der Waals surface area contributed by atoms with E-state index in [2.05, 4.69) is 17.2 Å². The van der Waals surface area contributed by atoms with E-state index in [-0.39, 0.29) is 4.99 Å². The zero-order valence-electron chi connectivity index (χ0n) is 5.55. The predicted octanol–water partition coefficient (Wildman–Crippen LogP) is 1.46. The molecule has 2 nitrogen and oxygen atoms in total. The zero-order valence-corrected chi connectivity index (χ0v) is 6.37. The molecule has 64 valence electrons. The summed E-state index contributed by atoms with van der Waals surface area (Å²) < 4.78 is 35.7. The van der Waals surface area contributed by atoms with E-state index < -0.39 is 17.5 Å². The number of nitrogens with zero attached hydrogens (tertiary/aromatic N) is 1. The molecular formula is C6H2F3NOS. The van der Waals surface area contributed by atoms with E-state index in [1.165, 1.54) is 0 Å². The van der Waals surface area contributed by atoms with Crippen LogP contribution in [0.1, 0.15) is 0 Å². The van der Waals surface area contributed by atoms with E-state index in [1.54, 1.807) is 0 Å². The summed E-state index contributed by atoms with van der Waals surface area (Å²) in [6.45, 7) is 0. The van der Waals surface area contributed by atoms with Gasteiger partial charge >= 0.3 is 6.18 Å². The van der Waals surface area contributed by atoms with Crippen molar-refractivity contribution in [1.29, 1.82) is 0 Å². The topological polar surface area (TPSA) is 29.4 Å². The Labute approximate surface area is 70.8 Å². The van der Waals surface area contributed by atoms with Gasteiger partial charge in [-0.2, -0.15) is 13.2 Å². The number of dihydropyridines is 1. The number of thiocarbonyl (C=S) groups is 1. The first-order chi connectivity index (χ1) is 5.41. The van der Waals surface area contributed by atoms with Crippen LogP contribution in [-0.4, -0.2) is 23.2 Å². The molecule has 0 unspecified atom stereocenters. The fraction of sp³-hybridized carbons (Fsp3) is 0.167. The molecule has 12 heavy (non-hydrogen) atoms. The second-order valence-corrected chi connectivity index (χ2v) is 2.41. The first-order valence-corrected chi connectivity index (χ1v) is 3.23. The van der Waals surface area contributed by atoms with E-state index >= 15 is 0 Å². The minimum atomic E-state index is -4.53. The van der Waals surface area contributed by atoms with Gasteiger partial charge in [0.2, 0.25) is 5.78 Å². The molecule has 0 aliphatic carbocycles. The number of alkyl halides is 3. The van der Waals surface area contributed by atoms with Crippen LogP contribution in [0.3, 0.4) is 0 Å². The van der Waals surface area contributed by atoms with Crippen LogP contribution < -0.4 is 0 Å². The van der Waals surface area contributed by atoms with E-state index in [9.17, 15) is 18.0 Å². The van der Waals surface area contributed by atoms with Gasteiger partial charge in [-0.25, -0.2) is 4.99 Å². The average molecular weight is 193 g/mol. The van der Waals surface area contributed by atoms with Crippen LogP contribution in [0, 0.1) is 0 Å². The lowest BCUT2D eigenvalue weighted by Gasteiger charge is -2.08. The van der Waals surface area contributed by atoms with Crippen LogP contribution in [0.4, 0.5) is 13.2 Å². The highest BCUT2D eigenvalue weighted by Gasteiger charge is 2.34. The number of carbonyl (C=O) groups excluding carboxylic acids is 1. The van der Waals surface area contributed by atoms with Crippen molar-refractivity contribution < 1.29 is 18.0 Å². The molecule has 0 aromatic heterocycles. The molecule has 0 radical (unpaired) electrons. The minimum absolute atomic E-state index is 0.344. The van der Waals surface area contributed by atoms with Gasteiger partial charge in [-0.15, -0.1) is 0 Å². The Balaban J connectivity index is 2.99. The van der Waals surface area contributed by atoms with Crippen molar-refractivity contribution in [2.75, 3.05) is 0 Å². The second-order valence-electron chi connectivity index (χ2n) is 2.03. The quantitative estimate of drug-likeness (QED) is 0.545. The van der Waals surface area contributed by atoms with Crippen molar-refractivity contribution in [3.8, 4) is 0 Å². The largest absolute Gasteiger partial charge is 0.418 e. The fourth-order valence-corrected chi connectivity index (χ4v) is 0.699. The number of hydrogen-bond donors (Lipinski definition) is 0. The number of rotatable bonds is 0. The molecule has 1 heterocycles. The minimum Gasteiger partial charge on any atom is -0.287 e. The maximum atomic E-state index is 11.9. The Bertz CT molecular complexity index is 302. The van der Waals surface area contributed by atoms with Crippen LogP contribution in [0.5, 0.6) is 0 Å². The third-order valence-electron chi connectivity index (χ3n) is 1.15. The Morgan fingerprint density at radius 3 is 2.42 bits per heavy atom. The smallest absolute Gasteiger partial charge is 0.287 e. The predicted molar refractivity (Wildman–Crippen MR) is 40.2 cm³/mol. The molecule has 0 saturated carbocycles. The van der Waals surface area contributed by atoms with Crippen LogP contribution in [0.25, 0.3) is 0 Å². The molecule has 0 N–H and O–H groups in total. The highest BCUT2D eigenvalue weighted by molar-refractivity contribution is 7.82. The SMILES string of the molecule is O=C1C=C(C(F)(F)F)C=NC1=S. The van der Waals surface area contributed by atoms with Crippen LogP contribution >= 0.6 is 12.2 Å². The summed E-state index contributed by atoms with van der Waals surface area (Å²) in [7, 11) is 0. The summed E-state index contributed by atoms with van der Waals surface area (Å²) in [5.74, 6) is -0.875. The van der Waals surface area contributed by atoms with E-state index in [0.717, 1.165) is 0 Å². The van der Waals surface area contributed by atoms with E-state index in [4.69, 9.17) is 0 Å². The highest BCUT2D eigenvalue weighted by atomic mass is 32.1. The Morgan fingerprint density at radius 1 is 1.42 bits per heavy atom. The number of ketones is 1. The first kappa shape index (κ1) is 9.05. The summed E-state index contributed by atoms with van der Waals surface area (Å²) in [6.07, 6.45) is -3.55. The highest BCUT2D eigenvalue weighted by Crippen LogP contribution is 2.25. The van der Waals surface area contributed by atoms with Crippen molar-refractivity contribution in [3.63, 3.8) is 0 Å². The Kier molecular flexibility index (Phi) is 2.10. The molecule has 1 rings (SSSR count). The average Bonchev–Trinajstić information content (AvgIpc) is 1.92. The van der Waals surface area contributed by atoms with Gasteiger partial charge < -0.3 is 0 Å². The van der Waals surface area contributed by atoms with Crippen LogP contribution in [0.2, 0.25) is 0 Å². The summed E-state index contributed by atoms with van der Waals surface area (Å²) >= 11 is 4.34. The lowest BCUT2D eigenvalue weighted by Crippen LogP contribution is -2.21. The Hall–Kier alpha value is -1.04. The fourth-order valence-electron chi connectivity index (χ4n) is 0.587. The van der Waals surface area contributed by atoms with Gasteiger partial charge in [-0.3, -0.25) is 4.79 Å². The van der Waals surface area contributed by atoms with Gasteiger partial charge in [-0.1, -0.05) is 12.2 Å². The van der Waals surface area contributed by atoms with E-state index in [1.807, 2.05) is 0 Å². The molecule has 0 bridgehead atoms. The maximum Gasteiger partial charge on any atom is 0.418 e. The zero-order chi connectivity index (χ0) is 9.35. The summed E-state index contributed by atoms with van der Waals surface area (Å²) in [5, 5.41) is 0. The van der Waals surface area contributed by atoms with Crippen molar-refractivity contribution in [2.45, 2.75) is 6.18 Å². The lowest BCUT2D eigenvalue weighted by atomic mass is 10.2. The molecule has 0 fully saturated rings. The van der Waals surface area contributed by atoms with Gasteiger partial charge in [0, 0.05) is 12.3 Å². The van der Waals surface area contributed by atoms with Crippen molar-refractivity contribution in [1.82, 2.24) is 0 Å². The molecular weight excluding hydrogens is 191 g/mol. The normalized spacial score (nSPS) is 18.1. The molecule has 1 aliphatic heterocycles. The van der Waals surface area contributed by atoms with Crippen molar-refractivity contribution in [2.24, 2.45) is 4.99 Å². The standard InChI is InChI=1S/C6H2F3NOS/c7-6(8,9)3-1-4(11)5(12)10-2-3/h1-2H. The number of aliphatic imine (C=N–C) groups is 1. The number of allylic oxidation sites excluding steroid dienone is 1. The summed E-state index contributed by atoms with van der Waals surface area (Å²) in [5.41, 5.74) is -1.07. The third kappa shape index (κ3) is 1.76. The monoisotopic (exact) mass is 193 g/mol. The van der Waals surface area contributed by atoms with Gasteiger partial charge in [0.25, 0.3) is 0 Å². The van der Waals surface area contributed by atoms with Gasteiger partial charge in [-0.05, 0) is 0 Å². The molecule has 0 atom stereocenters. The van der Waals surface area contributed by atoms with Crippen LogP contribution in [0.15, 0.2) is 16.6 Å². The molecule has 6 heteroatoms. The number of carbonyl (C=O) groups is 1. The van der Waals surface area contributed by atoms with Gasteiger partial charge in [0.1, 0.15) is 0 Å². The molecule has 0 aromatic rings. The van der Waals surface area contributed by atoms with Crippen molar-refractivity contribution in [3.05, 3.63) is 11.6 Å². The lowest BCUT2D eigenvalue weighted by molar-refractivity contribution is -0.110. The van der Waals surface area contributed by atoms with Gasteiger partial charge in [0.05, 0.1) is 5.57 Å². The molecule has 1 aliphatic rings. The molecule has 0 spiro atoms. The van der Waals surface area contributed by atoms with Gasteiger partial charge in [0.15, 0.2) is 4.99 Å². The molecule has 0 amide bonds. The summed E-state index contributed by atoms with van der Waals surface area (Å²) in [4.78, 5) is 13.4. The van der Waals surface area contributed by atoms with Crippen molar-refractivity contribution >= 4 is 29.2 Å². The number of halogens is 3. The third-order valence-corrected chi connectivity index (χ3v) is 1.45. The first-order valence-electron chi connectivity index (χ1n) is 2.82. The Morgan fingerprint density at radius 2 is 2.00 bits per heavy atom. The molecule has 0 aromatic carbocycles. The molecule has 0 saturated heterocycles. The number of hydrogen-bond acceptors (Lipinski definition) is 2. The van der Waals surface area contributed by atoms with Crippen LogP contribution in [-0.2, 0) is 4.79 Å². The summed E-state index contributed by atoms with van der Waals surface area (Å²) in [6, 6.07) is 0. The maximum absolute atomic E-state index is 11.9. The van der Waals surface area contributed by atoms with E-state index in [0.29, 0.717) is 12.3 Å².